The van der Waals surface area contributed by atoms with Crippen molar-refractivity contribution >= 4 is 29.3 Å². The van der Waals surface area contributed by atoms with E-state index in [0.29, 0.717) is 17.8 Å². The van der Waals surface area contributed by atoms with Gasteiger partial charge in [0.25, 0.3) is 0 Å². The molecule has 3 N–H and O–H groups in total. The zero-order valence-electron chi connectivity index (χ0n) is 18.4. The van der Waals surface area contributed by atoms with E-state index in [1.807, 2.05) is 18.2 Å². The van der Waals surface area contributed by atoms with E-state index in [4.69, 9.17) is 20.3 Å². The molecule has 4 rings (SSSR count). The minimum Gasteiger partial charge on any atom is -0.490 e. The Kier molecular flexibility index (Phi) is 6.97. The van der Waals surface area contributed by atoms with Crippen LogP contribution in [-0.2, 0) is 9.53 Å². The van der Waals surface area contributed by atoms with Gasteiger partial charge in [0.15, 0.2) is 6.10 Å². The number of rotatable bonds is 8. The highest BCUT2D eigenvalue weighted by molar-refractivity contribution is 5.99. The zero-order valence-corrected chi connectivity index (χ0v) is 18.4. The first-order chi connectivity index (χ1) is 16.0. The summed E-state index contributed by atoms with van der Waals surface area (Å²) < 4.78 is 11.4. The number of benzene rings is 2. The van der Waals surface area contributed by atoms with Crippen molar-refractivity contribution in [3.8, 4) is 5.75 Å². The van der Waals surface area contributed by atoms with Crippen LogP contribution in [0.25, 0.3) is 0 Å². The van der Waals surface area contributed by atoms with Crippen LogP contribution in [0.3, 0.4) is 0 Å². The summed E-state index contributed by atoms with van der Waals surface area (Å²) in [6, 6.07) is 14.9. The summed E-state index contributed by atoms with van der Waals surface area (Å²) in [6.07, 6.45) is 2.87. The SMILES string of the molecule is NC(=NCC(=O)O)c1ccc(N2CC(COc3cccc(N4CCCCC4)c3)OC2=O)cc1. The Hall–Kier alpha value is -3.75. The second kappa shape index (κ2) is 10.2. The number of nitrogens with two attached hydrogens (primary N) is 1. The number of hydrogen-bond donors (Lipinski definition) is 2. The summed E-state index contributed by atoms with van der Waals surface area (Å²) in [7, 11) is 0. The van der Waals surface area contributed by atoms with Crippen molar-refractivity contribution in [2.45, 2.75) is 25.4 Å². The van der Waals surface area contributed by atoms with E-state index in [-0.39, 0.29) is 12.4 Å². The zero-order chi connectivity index (χ0) is 23.2. The highest BCUT2D eigenvalue weighted by atomic mass is 16.6. The van der Waals surface area contributed by atoms with E-state index in [0.717, 1.165) is 24.5 Å². The molecule has 1 amide bonds. The first-order valence-electron chi connectivity index (χ1n) is 11.1. The lowest BCUT2D eigenvalue weighted by Crippen LogP contribution is -2.29. The summed E-state index contributed by atoms with van der Waals surface area (Å²) in [5.41, 5.74) is 8.21. The summed E-state index contributed by atoms with van der Waals surface area (Å²) in [4.78, 5) is 30.7. The molecule has 0 radical (unpaired) electrons. The number of nitrogens with zero attached hydrogens (tertiary/aromatic N) is 3. The molecule has 1 unspecified atom stereocenters. The summed E-state index contributed by atoms with van der Waals surface area (Å²) in [5.74, 6) is -0.167. The van der Waals surface area contributed by atoms with Crippen LogP contribution in [0.15, 0.2) is 53.5 Å². The van der Waals surface area contributed by atoms with Gasteiger partial charge in [-0.2, -0.15) is 0 Å². The van der Waals surface area contributed by atoms with Crippen LogP contribution in [0.1, 0.15) is 24.8 Å². The first-order valence-corrected chi connectivity index (χ1v) is 11.1. The number of carboxylic acid groups (broad SMARTS) is 1. The van der Waals surface area contributed by atoms with E-state index in [1.165, 1.54) is 24.2 Å². The Morgan fingerprint density at radius 1 is 1.12 bits per heavy atom. The Morgan fingerprint density at radius 2 is 1.88 bits per heavy atom. The predicted molar refractivity (Wildman–Crippen MR) is 125 cm³/mol. The largest absolute Gasteiger partial charge is 0.490 e. The Balaban J connectivity index is 1.33. The third kappa shape index (κ3) is 5.74. The topological polar surface area (TPSA) is 118 Å². The van der Waals surface area contributed by atoms with Gasteiger partial charge in [0, 0.05) is 36.1 Å². The Morgan fingerprint density at radius 3 is 2.61 bits per heavy atom. The van der Waals surface area contributed by atoms with Crippen LogP contribution in [0, 0.1) is 0 Å². The molecule has 0 aromatic heterocycles. The number of cyclic esters (lactones) is 1. The molecule has 0 aliphatic carbocycles. The van der Waals surface area contributed by atoms with Crippen molar-refractivity contribution < 1.29 is 24.2 Å². The van der Waals surface area contributed by atoms with E-state index in [1.54, 1.807) is 24.3 Å². The lowest BCUT2D eigenvalue weighted by molar-refractivity contribution is -0.135. The molecule has 2 aromatic rings. The monoisotopic (exact) mass is 452 g/mol. The fraction of sp³-hybridized carbons (Fsp3) is 0.375. The summed E-state index contributed by atoms with van der Waals surface area (Å²) >= 11 is 0. The van der Waals surface area contributed by atoms with Gasteiger partial charge in [0.1, 0.15) is 24.7 Å². The van der Waals surface area contributed by atoms with Gasteiger partial charge in [-0.15, -0.1) is 0 Å². The minimum absolute atomic E-state index is 0.131. The third-order valence-corrected chi connectivity index (χ3v) is 5.71. The number of anilines is 2. The van der Waals surface area contributed by atoms with E-state index < -0.39 is 24.7 Å². The van der Waals surface area contributed by atoms with E-state index in [2.05, 4.69) is 16.0 Å². The van der Waals surface area contributed by atoms with Crippen molar-refractivity contribution in [1.29, 1.82) is 0 Å². The van der Waals surface area contributed by atoms with Crippen LogP contribution in [0.2, 0.25) is 0 Å². The van der Waals surface area contributed by atoms with E-state index in [9.17, 15) is 9.59 Å². The van der Waals surface area contributed by atoms with Crippen molar-refractivity contribution in [2.24, 2.45) is 10.7 Å². The molecule has 33 heavy (non-hydrogen) atoms. The van der Waals surface area contributed by atoms with Crippen LogP contribution in [0.5, 0.6) is 5.75 Å². The molecule has 0 bridgehead atoms. The van der Waals surface area contributed by atoms with Crippen LogP contribution >= 0.6 is 0 Å². The lowest BCUT2D eigenvalue weighted by atomic mass is 10.1. The number of amides is 1. The van der Waals surface area contributed by atoms with Gasteiger partial charge < -0.3 is 25.2 Å². The Labute approximate surface area is 192 Å². The normalized spacial score (nSPS) is 18.8. The minimum atomic E-state index is -1.05. The number of aliphatic imine (C=N–C) groups is 1. The van der Waals surface area contributed by atoms with Gasteiger partial charge in [-0.3, -0.25) is 14.7 Å². The molecule has 2 fully saturated rings. The number of carbonyl (C=O) groups excluding carboxylic acids is 1. The van der Waals surface area contributed by atoms with Crippen molar-refractivity contribution in [3.63, 3.8) is 0 Å². The summed E-state index contributed by atoms with van der Waals surface area (Å²) in [5, 5.41) is 8.71. The van der Waals surface area contributed by atoms with Gasteiger partial charge in [-0.25, -0.2) is 4.79 Å². The smallest absolute Gasteiger partial charge is 0.414 e. The predicted octanol–water partition coefficient (Wildman–Crippen LogP) is 2.87. The standard InChI is InChI=1S/C24H28N4O5/c25-23(26-14-22(29)30)17-7-9-18(10-8-17)28-15-21(33-24(28)31)16-32-20-6-4-5-19(13-20)27-11-2-1-3-12-27/h4-10,13,21H,1-3,11-12,14-16H2,(H2,25,26)(H,29,30). The molecular weight excluding hydrogens is 424 g/mol. The molecule has 174 valence electrons. The molecule has 1 atom stereocenters. The molecule has 2 aromatic carbocycles. The number of amidine groups is 1. The second-order valence-corrected chi connectivity index (χ2v) is 8.11. The molecule has 2 aliphatic rings. The van der Waals surface area contributed by atoms with Gasteiger partial charge >= 0.3 is 12.1 Å². The van der Waals surface area contributed by atoms with Gasteiger partial charge in [0.2, 0.25) is 0 Å². The molecule has 9 heteroatoms. The van der Waals surface area contributed by atoms with Crippen molar-refractivity contribution in [2.75, 3.05) is 42.6 Å². The van der Waals surface area contributed by atoms with Crippen LogP contribution in [0.4, 0.5) is 16.2 Å². The number of hydrogen-bond acceptors (Lipinski definition) is 6. The maximum atomic E-state index is 12.4. The number of piperidine rings is 1. The fourth-order valence-electron chi connectivity index (χ4n) is 3.99. The van der Waals surface area contributed by atoms with Crippen LogP contribution in [-0.4, -0.2) is 61.9 Å². The average Bonchev–Trinajstić information content (AvgIpc) is 3.22. The molecule has 2 aliphatic heterocycles. The molecule has 2 heterocycles. The van der Waals surface area contributed by atoms with Gasteiger partial charge in [-0.05, 0) is 55.7 Å². The first kappa shape index (κ1) is 22.4. The number of aliphatic carboxylic acids is 1. The van der Waals surface area contributed by atoms with Gasteiger partial charge in [0.05, 0.1) is 6.54 Å². The second-order valence-electron chi connectivity index (χ2n) is 8.11. The quantitative estimate of drug-likeness (QED) is 0.467. The van der Waals surface area contributed by atoms with E-state index >= 15 is 0 Å². The van der Waals surface area contributed by atoms with Crippen LogP contribution < -0.4 is 20.3 Å². The highest BCUT2D eigenvalue weighted by Gasteiger charge is 2.33. The summed E-state index contributed by atoms with van der Waals surface area (Å²) in [6.45, 7) is 2.36. The maximum Gasteiger partial charge on any atom is 0.414 e. The number of carbonyl (C=O) groups is 2. The van der Waals surface area contributed by atoms with Gasteiger partial charge in [-0.1, -0.05) is 6.07 Å². The number of carboxylic acids is 1. The fourth-order valence-corrected chi connectivity index (χ4v) is 3.99. The third-order valence-electron chi connectivity index (χ3n) is 5.71. The molecular formula is C24H28N4O5. The number of ether oxygens (including phenoxy) is 2. The highest BCUT2D eigenvalue weighted by Crippen LogP contribution is 2.26. The lowest BCUT2D eigenvalue weighted by Gasteiger charge is -2.29. The van der Waals surface area contributed by atoms with Crippen molar-refractivity contribution in [3.05, 3.63) is 54.1 Å². The molecule has 0 saturated carbocycles. The molecule has 9 nitrogen and oxygen atoms in total. The average molecular weight is 453 g/mol. The Bertz CT molecular complexity index is 1020. The maximum absolute atomic E-state index is 12.4. The molecule has 2 saturated heterocycles. The molecule has 0 spiro atoms. The van der Waals surface area contributed by atoms with Crippen molar-refractivity contribution in [1.82, 2.24) is 0 Å².